The number of hydrogen-bond acceptors (Lipinski definition) is 4. The predicted molar refractivity (Wildman–Crippen MR) is 96.3 cm³/mol. The molecule has 0 atom stereocenters. The fourth-order valence-corrected chi connectivity index (χ4v) is 2.62. The summed E-state index contributed by atoms with van der Waals surface area (Å²) in [4.78, 5) is 0. The molecule has 0 saturated heterocycles. The van der Waals surface area contributed by atoms with Gasteiger partial charge in [-0.2, -0.15) is 10.4 Å². The van der Waals surface area contributed by atoms with Gasteiger partial charge in [-0.1, -0.05) is 24.3 Å². The smallest absolute Gasteiger partial charge is 0.149 e. The zero-order valence-electron chi connectivity index (χ0n) is 14.0. The molecule has 0 unspecified atom stereocenters. The Hall–Kier alpha value is -3.26. The van der Waals surface area contributed by atoms with Crippen molar-refractivity contribution in [1.82, 2.24) is 10.2 Å². The van der Waals surface area contributed by atoms with Crippen LogP contribution in [0.2, 0.25) is 0 Å². The van der Waals surface area contributed by atoms with Crippen molar-refractivity contribution in [3.05, 3.63) is 66.1 Å². The van der Waals surface area contributed by atoms with Gasteiger partial charge in [-0.05, 0) is 54.8 Å². The van der Waals surface area contributed by atoms with Gasteiger partial charge in [-0.3, -0.25) is 0 Å². The summed E-state index contributed by atoms with van der Waals surface area (Å²) in [7, 11) is 0. The predicted octanol–water partition coefficient (Wildman–Crippen LogP) is 4.64. The van der Waals surface area contributed by atoms with Crippen LogP contribution in [0.25, 0.3) is 22.3 Å². The van der Waals surface area contributed by atoms with Crippen LogP contribution in [0, 0.1) is 17.1 Å². The fraction of sp³-hybridized carbons (Fsp3) is 0.150. The SMILES string of the molecule is CC(C)Nc1cc(-c2cccc(-c3ccc(F)cc3C#N)c2)cnn1. The largest absolute Gasteiger partial charge is 0.366 e. The highest BCUT2D eigenvalue weighted by Crippen LogP contribution is 2.29. The Balaban J connectivity index is 2.02. The molecule has 25 heavy (non-hydrogen) atoms. The summed E-state index contributed by atoms with van der Waals surface area (Å²) in [6.07, 6.45) is 1.69. The first-order chi connectivity index (χ1) is 12.1. The third-order valence-corrected chi connectivity index (χ3v) is 3.70. The molecule has 4 nitrogen and oxygen atoms in total. The molecule has 3 aromatic rings. The zero-order valence-corrected chi connectivity index (χ0v) is 14.0. The van der Waals surface area contributed by atoms with Gasteiger partial charge >= 0.3 is 0 Å². The summed E-state index contributed by atoms with van der Waals surface area (Å²) in [6.45, 7) is 4.07. The minimum absolute atomic E-state index is 0.258. The second kappa shape index (κ2) is 7.10. The van der Waals surface area contributed by atoms with Gasteiger partial charge in [0.05, 0.1) is 17.8 Å². The van der Waals surface area contributed by atoms with Crippen molar-refractivity contribution in [2.45, 2.75) is 19.9 Å². The van der Waals surface area contributed by atoms with Gasteiger partial charge < -0.3 is 5.32 Å². The molecule has 1 N–H and O–H groups in total. The van der Waals surface area contributed by atoms with Crippen LogP contribution in [0.3, 0.4) is 0 Å². The van der Waals surface area contributed by atoms with E-state index in [0.29, 0.717) is 16.9 Å². The van der Waals surface area contributed by atoms with Gasteiger partial charge in [-0.25, -0.2) is 4.39 Å². The van der Waals surface area contributed by atoms with E-state index in [9.17, 15) is 9.65 Å². The third-order valence-electron chi connectivity index (χ3n) is 3.70. The van der Waals surface area contributed by atoms with Gasteiger partial charge in [-0.15, -0.1) is 5.10 Å². The molecule has 1 heterocycles. The van der Waals surface area contributed by atoms with Gasteiger partial charge in [0.1, 0.15) is 11.6 Å². The first-order valence-electron chi connectivity index (χ1n) is 7.96. The average Bonchev–Trinajstić information content (AvgIpc) is 2.61. The molecule has 0 radical (unpaired) electrons. The number of nitrogens with one attached hydrogen (secondary N) is 1. The molecule has 0 spiro atoms. The fourth-order valence-electron chi connectivity index (χ4n) is 2.62. The molecule has 3 rings (SSSR count). The van der Waals surface area contributed by atoms with E-state index in [4.69, 9.17) is 0 Å². The topological polar surface area (TPSA) is 61.6 Å². The molecule has 0 aliphatic heterocycles. The highest BCUT2D eigenvalue weighted by Gasteiger charge is 2.09. The molecule has 0 fully saturated rings. The third kappa shape index (κ3) is 3.81. The zero-order chi connectivity index (χ0) is 17.8. The maximum Gasteiger partial charge on any atom is 0.149 e. The lowest BCUT2D eigenvalue weighted by Crippen LogP contribution is -2.11. The number of nitriles is 1. The van der Waals surface area contributed by atoms with E-state index in [-0.39, 0.29) is 6.04 Å². The standard InChI is InChI=1S/C20H17FN4/c1-13(2)24-20-10-17(12-23-25-20)14-4-3-5-15(8-14)19-7-6-18(21)9-16(19)11-22/h3-10,12-13H,1-2H3,(H,24,25). The molecule has 1 aromatic heterocycles. The van der Waals surface area contributed by atoms with E-state index in [0.717, 1.165) is 16.7 Å². The van der Waals surface area contributed by atoms with E-state index in [1.54, 1.807) is 12.3 Å². The summed E-state index contributed by atoms with van der Waals surface area (Å²) < 4.78 is 13.4. The second-order valence-electron chi connectivity index (χ2n) is 6.01. The number of hydrogen-bond donors (Lipinski definition) is 1. The summed E-state index contributed by atoms with van der Waals surface area (Å²) >= 11 is 0. The van der Waals surface area contributed by atoms with Crippen LogP contribution in [-0.4, -0.2) is 16.2 Å². The van der Waals surface area contributed by atoms with E-state index < -0.39 is 5.82 Å². The highest BCUT2D eigenvalue weighted by molar-refractivity contribution is 5.76. The Labute approximate surface area is 146 Å². The van der Waals surface area contributed by atoms with E-state index in [1.807, 2.05) is 44.2 Å². The van der Waals surface area contributed by atoms with Crippen LogP contribution in [0.5, 0.6) is 0 Å². The summed E-state index contributed by atoms with van der Waals surface area (Å²) in [5, 5.41) is 20.6. The van der Waals surface area contributed by atoms with Crippen molar-refractivity contribution < 1.29 is 4.39 Å². The van der Waals surface area contributed by atoms with Crippen LogP contribution in [0.4, 0.5) is 10.2 Å². The van der Waals surface area contributed by atoms with Gasteiger partial charge in [0.2, 0.25) is 0 Å². The van der Waals surface area contributed by atoms with Crippen LogP contribution in [0.1, 0.15) is 19.4 Å². The molecule has 0 amide bonds. The lowest BCUT2D eigenvalue weighted by Gasteiger charge is -2.10. The van der Waals surface area contributed by atoms with Crippen molar-refractivity contribution in [2.24, 2.45) is 0 Å². The lowest BCUT2D eigenvalue weighted by molar-refractivity contribution is 0.627. The quantitative estimate of drug-likeness (QED) is 0.756. The molecule has 0 aliphatic rings. The number of aromatic nitrogens is 2. The number of nitrogens with zero attached hydrogens (tertiary/aromatic N) is 3. The molecule has 0 aliphatic carbocycles. The first-order valence-corrected chi connectivity index (χ1v) is 7.96. The Kier molecular flexibility index (Phi) is 4.71. The van der Waals surface area contributed by atoms with Gasteiger partial charge in [0, 0.05) is 11.6 Å². The molecule has 0 saturated carbocycles. The molecular weight excluding hydrogens is 315 g/mol. The normalized spacial score (nSPS) is 10.5. The van der Waals surface area contributed by atoms with E-state index >= 15 is 0 Å². The van der Waals surface area contributed by atoms with Crippen LogP contribution in [-0.2, 0) is 0 Å². The monoisotopic (exact) mass is 332 g/mol. The maximum absolute atomic E-state index is 13.4. The van der Waals surface area contributed by atoms with Crippen LogP contribution < -0.4 is 5.32 Å². The van der Waals surface area contributed by atoms with Crippen molar-refractivity contribution in [3.8, 4) is 28.3 Å². The summed E-state index contributed by atoms with van der Waals surface area (Å²) in [5.74, 6) is 0.289. The molecular formula is C20H17FN4. The maximum atomic E-state index is 13.4. The average molecular weight is 332 g/mol. The Morgan fingerprint density at radius 1 is 1.04 bits per heavy atom. The van der Waals surface area contributed by atoms with Crippen molar-refractivity contribution in [2.75, 3.05) is 5.32 Å². The minimum Gasteiger partial charge on any atom is -0.366 e. The van der Waals surface area contributed by atoms with Crippen LogP contribution >= 0.6 is 0 Å². The molecule has 124 valence electrons. The molecule has 2 aromatic carbocycles. The number of anilines is 1. The van der Waals surface area contributed by atoms with Gasteiger partial charge in [0.15, 0.2) is 0 Å². The van der Waals surface area contributed by atoms with Crippen molar-refractivity contribution in [1.29, 1.82) is 5.26 Å². The van der Waals surface area contributed by atoms with Crippen LogP contribution in [0.15, 0.2) is 54.7 Å². The van der Waals surface area contributed by atoms with E-state index in [2.05, 4.69) is 21.6 Å². The highest BCUT2D eigenvalue weighted by atomic mass is 19.1. The summed E-state index contributed by atoms with van der Waals surface area (Å²) in [6, 6.07) is 16.2. The number of rotatable bonds is 4. The summed E-state index contributed by atoms with van der Waals surface area (Å²) in [5.41, 5.74) is 3.73. The number of benzene rings is 2. The minimum atomic E-state index is -0.417. The first kappa shape index (κ1) is 16.6. The Bertz CT molecular complexity index is 944. The number of halogens is 1. The molecule has 0 bridgehead atoms. The van der Waals surface area contributed by atoms with Crippen molar-refractivity contribution >= 4 is 5.82 Å². The van der Waals surface area contributed by atoms with Crippen molar-refractivity contribution in [3.63, 3.8) is 0 Å². The second-order valence-corrected chi connectivity index (χ2v) is 6.01. The Morgan fingerprint density at radius 3 is 2.60 bits per heavy atom. The molecule has 5 heteroatoms. The van der Waals surface area contributed by atoms with Gasteiger partial charge in [0.25, 0.3) is 0 Å². The lowest BCUT2D eigenvalue weighted by atomic mass is 9.97. The Morgan fingerprint density at radius 2 is 1.84 bits per heavy atom. The van der Waals surface area contributed by atoms with E-state index in [1.165, 1.54) is 12.1 Å².